The van der Waals surface area contributed by atoms with Crippen molar-refractivity contribution >= 4 is 22.6 Å². The maximum Gasteiger partial charge on any atom is 0.160 e. The fraction of sp³-hybridized carbons (Fsp3) is 0.100. The minimum absolute atomic E-state index is 0.785. The molecule has 5 heteroatoms. The van der Waals surface area contributed by atoms with E-state index < -0.39 is 0 Å². The number of imidazole rings is 1. The van der Waals surface area contributed by atoms with Gasteiger partial charge in [0.25, 0.3) is 0 Å². The summed E-state index contributed by atoms with van der Waals surface area (Å²) in [4.78, 5) is 7.74. The molecule has 0 bridgehead atoms. The quantitative estimate of drug-likeness (QED) is 0.679. The second kappa shape index (κ2) is 3.13. The molecule has 0 radical (unpaired) electrons. The van der Waals surface area contributed by atoms with Gasteiger partial charge in [0.15, 0.2) is 5.82 Å². The van der Waals surface area contributed by atoms with Crippen molar-refractivity contribution in [2.75, 3.05) is 0 Å². The van der Waals surface area contributed by atoms with Gasteiger partial charge in [-0.25, -0.2) is 4.98 Å². The van der Waals surface area contributed by atoms with E-state index in [4.69, 9.17) is 0 Å². The number of fused-ring (bicyclic) bond motifs is 1. The van der Waals surface area contributed by atoms with Crippen LogP contribution in [0.15, 0.2) is 23.6 Å². The zero-order valence-electron chi connectivity index (χ0n) is 8.06. The summed E-state index contributed by atoms with van der Waals surface area (Å²) in [5.74, 6) is 0.785. The van der Waals surface area contributed by atoms with Gasteiger partial charge in [-0.15, -0.1) is 5.10 Å². The van der Waals surface area contributed by atoms with E-state index in [0.717, 1.165) is 28.1 Å². The number of hydrogen-bond acceptors (Lipinski definition) is 4. The maximum absolute atomic E-state index is 4.50. The number of nitrogens with zero attached hydrogens (tertiary/aromatic N) is 3. The Labute approximate surface area is 90.2 Å². The number of H-pyrrole nitrogens is 1. The summed E-state index contributed by atoms with van der Waals surface area (Å²) in [6, 6.07) is 6.07. The van der Waals surface area contributed by atoms with E-state index in [1.165, 1.54) is 11.5 Å². The van der Waals surface area contributed by atoms with E-state index >= 15 is 0 Å². The topological polar surface area (TPSA) is 54.5 Å². The van der Waals surface area contributed by atoms with E-state index in [0.29, 0.717) is 0 Å². The van der Waals surface area contributed by atoms with Crippen molar-refractivity contribution in [3.05, 3.63) is 29.1 Å². The molecule has 0 spiro atoms. The Balaban J connectivity index is 2.27. The lowest BCUT2D eigenvalue weighted by molar-refractivity contribution is 1.13. The molecule has 0 atom stereocenters. The Bertz CT molecular complexity index is 597. The van der Waals surface area contributed by atoms with Crippen LogP contribution in [0.5, 0.6) is 0 Å². The highest BCUT2D eigenvalue weighted by atomic mass is 32.1. The highest BCUT2D eigenvalue weighted by Crippen LogP contribution is 2.21. The molecule has 0 aliphatic rings. The first-order chi connectivity index (χ1) is 7.34. The van der Waals surface area contributed by atoms with Gasteiger partial charge in [-0.05, 0) is 30.1 Å². The average Bonchev–Trinajstić information content (AvgIpc) is 2.86. The number of nitrogens with one attached hydrogen (secondary N) is 1. The van der Waals surface area contributed by atoms with Gasteiger partial charge in [-0.3, -0.25) is 0 Å². The summed E-state index contributed by atoms with van der Waals surface area (Å²) in [5.41, 5.74) is 4.01. The molecule has 74 valence electrons. The Kier molecular flexibility index (Phi) is 1.78. The van der Waals surface area contributed by atoms with Gasteiger partial charge in [-0.1, -0.05) is 16.6 Å². The standard InChI is InChI=1S/C10H8N4S/c1-6-3-2-4-7-9(6)12-10(11-7)8-5-15-14-13-8/h2-5H,1H3,(H,11,12). The highest BCUT2D eigenvalue weighted by Gasteiger charge is 2.08. The maximum atomic E-state index is 4.50. The molecule has 1 aromatic carbocycles. The third-order valence-corrected chi connectivity index (χ3v) is 2.82. The zero-order chi connectivity index (χ0) is 10.3. The van der Waals surface area contributed by atoms with Crippen molar-refractivity contribution in [1.29, 1.82) is 0 Å². The van der Waals surface area contributed by atoms with Crippen molar-refractivity contribution < 1.29 is 0 Å². The lowest BCUT2D eigenvalue weighted by Gasteiger charge is -1.90. The fourth-order valence-corrected chi connectivity index (χ4v) is 2.01. The van der Waals surface area contributed by atoms with Crippen LogP contribution in [0.3, 0.4) is 0 Å². The molecule has 2 heterocycles. The van der Waals surface area contributed by atoms with Gasteiger partial charge >= 0.3 is 0 Å². The first kappa shape index (κ1) is 8.55. The smallest absolute Gasteiger partial charge is 0.160 e. The number of aromatic nitrogens is 4. The first-order valence-corrected chi connectivity index (χ1v) is 5.41. The summed E-state index contributed by atoms with van der Waals surface area (Å²) < 4.78 is 3.82. The van der Waals surface area contributed by atoms with Gasteiger partial charge in [-0.2, -0.15) is 0 Å². The van der Waals surface area contributed by atoms with Gasteiger partial charge < -0.3 is 4.98 Å². The summed E-state index contributed by atoms with van der Waals surface area (Å²) in [6.45, 7) is 2.05. The minimum Gasteiger partial charge on any atom is -0.337 e. The summed E-state index contributed by atoms with van der Waals surface area (Å²) in [5, 5.41) is 5.87. The Hall–Kier alpha value is -1.75. The highest BCUT2D eigenvalue weighted by molar-refractivity contribution is 7.03. The molecule has 4 nitrogen and oxygen atoms in total. The number of hydrogen-bond donors (Lipinski definition) is 1. The van der Waals surface area contributed by atoms with Gasteiger partial charge in [0, 0.05) is 5.38 Å². The van der Waals surface area contributed by atoms with Crippen LogP contribution in [0.1, 0.15) is 5.56 Å². The van der Waals surface area contributed by atoms with Crippen LogP contribution in [0.2, 0.25) is 0 Å². The molecule has 2 aromatic heterocycles. The molecule has 0 aliphatic carbocycles. The van der Waals surface area contributed by atoms with Crippen molar-refractivity contribution in [2.24, 2.45) is 0 Å². The van der Waals surface area contributed by atoms with Gasteiger partial charge in [0.2, 0.25) is 0 Å². The molecule has 0 saturated carbocycles. The SMILES string of the molecule is Cc1cccc2[nH]c(-c3csnn3)nc12. The number of rotatable bonds is 1. The van der Waals surface area contributed by atoms with Crippen molar-refractivity contribution in [1.82, 2.24) is 19.6 Å². The number of benzene rings is 1. The van der Waals surface area contributed by atoms with Crippen molar-refractivity contribution in [3.8, 4) is 11.5 Å². The Morgan fingerprint density at radius 3 is 3.00 bits per heavy atom. The molecular formula is C10H8N4S. The van der Waals surface area contributed by atoms with E-state index in [1.807, 2.05) is 30.5 Å². The molecule has 1 N–H and O–H groups in total. The minimum atomic E-state index is 0.785. The molecule has 3 rings (SSSR count). The third-order valence-electron chi connectivity index (χ3n) is 2.32. The molecule has 0 aliphatic heterocycles. The first-order valence-electron chi connectivity index (χ1n) is 4.57. The molecule has 0 saturated heterocycles. The van der Waals surface area contributed by atoms with Gasteiger partial charge in [0.1, 0.15) is 5.69 Å². The van der Waals surface area contributed by atoms with E-state index in [2.05, 4.69) is 19.6 Å². The van der Waals surface area contributed by atoms with Crippen LogP contribution in [0.25, 0.3) is 22.6 Å². The summed E-state index contributed by atoms with van der Waals surface area (Å²) in [7, 11) is 0. The molecule has 3 aromatic rings. The fourth-order valence-electron chi connectivity index (χ4n) is 1.56. The predicted molar refractivity (Wildman–Crippen MR) is 59.7 cm³/mol. The number of aromatic amines is 1. The van der Waals surface area contributed by atoms with Crippen LogP contribution in [0, 0.1) is 6.92 Å². The van der Waals surface area contributed by atoms with E-state index in [1.54, 1.807) is 0 Å². The van der Waals surface area contributed by atoms with Crippen LogP contribution < -0.4 is 0 Å². The molecule has 0 amide bonds. The lowest BCUT2D eigenvalue weighted by Crippen LogP contribution is -1.79. The van der Waals surface area contributed by atoms with E-state index in [-0.39, 0.29) is 0 Å². The normalized spacial score (nSPS) is 11.0. The van der Waals surface area contributed by atoms with E-state index in [9.17, 15) is 0 Å². The second-order valence-corrected chi connectivity index (χ2v) is 3.96. The average molecular weight is 216 g/mol. The summed E-state index contributed by atoms with van der Waals surface area (Å²) in [6.07, 6.45) is 0. The predicted octanol–water partition coefficient (Wildman–Crippen LogP) is 2.39. The van der Waals surface area contributed by atoms with Crippen LogP contribution in [-0.4, -0.2) is 19.6 Å². The third kappa shape index (κ3) is 1.32. The molecular weight excluding hydrogens is 208 g/mol. The van der Waals surface area contributed by atoms with Crippen LogP contribution in [-0.2, 0) is 0 Å². The zero-order valence-corrected chi connectivity index (χ0v) is 8.88. The van der Waals surface area contributed by atoms with Crippen LogP contribution >= 0.6 is 11.5 Å². The monoisotopic (exact) mass is 216 g/mol. The van der Waals surface area contributed by atoms with Gasteiger partial charge in [0.05, 0.1) is 11.0 Å². The Morgan fingerprint density at radius 2 is 2.27 bits per heavy atom. The largest absolute Gasteiger partial charge is 0.337 e. The number of aryl methyl sites for hydroxylation is 1. The van der Waals surface area contributed by atoms with Crippen molar-refractivity contribution in [2.45, 2.75) is 6.92 Å². The number of para-hydroxylation sites is 1. The molecule has 0 fully saturated rings. The molecule has 0 unspecified atom stereocenters. The second-order valence-electron chi connectivity index (χ2n) is 3.35. The van der Waals surface area contributed by atoms with Crippen LogP contribution in [0.4, 0.5) is 0 Å². The molecule has 15 heavy (non-hydrogen) atoms. The Morgan fingerprint density at radius 1 is 1.33 bits per heavy atom. The summed E-state index contributed by atoms with van der Waals surface area (Å²) >= 11 is 1.33. The van der Waals surface area contributed by atoms with Crippen molar-refractivity contribution in [3.63, 3.8) is 0 Å². The lowest BCUT2D eigenvalue weighted by atomic mass is 10.2.